The Morgan fingerprint density at radius 1 is 1.00 bits per heavy atom. The first-order valence-electron chi connectivity index (χ1n) is 8.49. The van der Waals surface area contributed by atoms with Crippen LogP contribution >= 0.6 is 0 Å². The molecule has 1 aliphatic rings. The van der Waals surface area contributed by atoms with Gasteiger partial charge in [-0.05, 0) is 19.9 Å². The van der Waals surface area contributed by atoms with Gasteiger partial charge in [0.2, 0.25) is 5.91 Å². The summed E-state index contributed by atoms with van der Waals surface area (Å²) in [6.45, 7) is 12.0. The number of amides is 1. The van der Waals surface area contributed by atoms with Crippen molar-refractivity contribution in [1.29, 1.82) is 0 Å². The largest absolute Gasteiger partial charge is 0.380 e. The second kappa shape index (κ2) is 15.2. The highest BCUT2D eigenvalue weighted by Crippen LogP contribution is 1.99. The van der Waals surface area contributed by atoms with Crippen molar-refractivity contribution in [2.24, 2.45) is 0 Å². The van der Waals surface area contributed by atoms with E-state index in [0.29, 0.717) is 6.61 Å². The molecule has 1 fully saturated rings. The molecule has 0 saturated carbocycles. The minimum absolute atomic E-state index is 0.0755. The predicted octanol–water partition coefficient (Wildman–Crippen LogP) is 0.819. The molecule has 22 heavy (non-hydrogen) atoms. The molecular weight excluding hydrogens is 282 g/mol. The summed E-state index contributed by atoms with van der Waals surface area (Å²) in [7, 11) is 3.78. The van der Waals surface area contributed by atoms with Crippen LogP contribution in [0.4, 0.5) is 0 Å². The van der Waals surface area contributed by atoms with Crippen LogP contribution in [0.2, 0.25) is 0 Å². The molecule has 0 aromatic carbocycles. The maximum Gasteiger partial charge on any atom is 0.245 e. The third-order valence-corrected chi connectivity index (χ3v) is 3.49. The molecule has 0 radical (unpaired) electrons. The van der Waals surface area contributed by atoms with Gasteiger partial charge in [0.1, 0.15) is 6.61 Å². The van der Waals surface area contributed by atoms with Gasteiger partial charge in [0.25, 0.3) is 0 Å². The average Bonchev–Trinajstić information content (AvgIpc) is 2.56. The Morgan fingerprint density at radius 2 is 1.59 bits per heavy atom. The average molecular weight is 317 g/mol. The highest BCUT2D eigenvalue weighted by atomic mass is 16.5. The van der Waals surface area contributed by atoms with Crippen molar-refractivity contribution in [2.45, 2.75) is 26.7 Å². The lowest BCUT2D eigenvalue weighted by molar-refractivity contribution is -0.125. The Bertz CT molecular complexity index is 257. The molecule has 1 N–H and O–H groups in total. The van der Waals surface area contributed by atoms with Gasteiger partial charge in [0.05, 0.1) is 6.61 Å². The van der Waals surface area contributed by atoms with Crippen LogP contribution in [0.1, 0.15) is 26.7 Å². The zero-order valence-electron chi connectivity index (χ0n) is 14.9. The third kappa shape index (κ3) is 11.9. The van der Waals surface area contributed by atoms with Gasteiger partial charge in [0.15, 0.2) is 0 Å². The van der Waals surface area contributed by atoms with Gasteiger partial charge >= 0.3 is 0 Å². The number of ether oxygens (including phenoxy) is 2. The van der Waals surface area contributed by atoms with E-state index in [1.54, 1.807) is 7.05 Å². The first-order valence-corrected chi connectivity index (χ1v) is 8.49. The molecule has 0 atom stereocenters. The molecule has 0 aromatic rings. The van der Waals surface area contributed by atoms with Gasteiger partial charge < -0.3 is 19.7 Å². The Labute approximate surface area is 136 Å². The maximum atomic E-state index is 10.9. The standard InChI is InChI=1S/C14H29N3O3.C2H6/c1-15-14(18)13-20-11-4-3-10-19-12-9-17-7-5-16(2)6-8-17;1-2/h3-13H2,1-2H3,(H,15,18);1-2H3. The Morgan fingerprint density at radius 3 is 2.18 bits per heavy atom. The molecule has 1 aliphatic heterocycles. The second-order valence-corrected chi connectivity index (χ2v) is 5.19. The number of carbonyl (C=O) groups excluding carboxylic acids is 1. The molecule has 1 saturated heterocycles. The van der Waals surface area contributed by atoms with Crippen LogP contribution in [0.25, 0.3) is 0 Å². The minimum Gasteiger partial charge on any atom is -0.380 e. The summed E-state index contributed by atoms with van der Waals surface area (Å²) in [5.41, 5.74) is 0. The molecule has 1 heterocycles. The van der Waals surface area contributed by atoms with Crippen LogP contribution in [0, 0.1) is 0 Å². The van der Waals surface area contributed by atoms with E-state index in [1.807, 2.05) is 13.8 Å². The van der Waals surface area contributed by atoms with E-state index >= 15 is 0 Å². The third-order valence-electron chi connectivity index (χ3n) is 3.49. The minimum atomic E-state index is -0.0755. The van der Waals surface area contributed by atoms with Crippen LogP contribution in [-0.2, 0) is 14.3 Å². The summed E-state index contributed by atoms with van der Waals surface area (Å²) in [6, 6.07) is 0. The quantitative estimate of drug-likeness (QED) is 0.605. The number of likely N-dealkylation sites (N-methyl/N-ethyl adjacent to an activating group) is 2. The zero-order chi connectivity index (χ0) is 16.6. The van der Waals surface area contributed by atoms with Gasteiger partial charge in [-0.2, -0.15) is 0 Å². The number of nitrogens with zero attached hydrogens (tertiary/aromatic N) is 2. The molecule has 1 rings (SSSR count). The topological polar surface area (TPSA) is 54.0 Å². The molecule has 132 valence electrons. The number of unbranched alkanes of at least 4 members (excludes halogenated alkanes) is 1. The fourth-order valence-electron chi connectivity index (χ4n) is 2.01. The summed E-state index contributed by atoms with van der Waals surface area (Å²) in [6.07, 6.45) is 1.92. The number of nitrogens with one attached hydrogen (secondary N) is 1. The van der Waals surface area contributed by atoms with Crippen molar-refractivity contribution in [2.75, 3.05) is 73.2 Å². The highest BCUT2D eigenvalue weighted by molar-refractivity contribution is 5.76. The van der Waals surface area contributed by atoms with Crippen LogP contribution in [-0.4, -0.2) is 89.0 Å². The number of piperazine rings is 1. The molecular formula is C16H35N3O3. The molecule has 6 heteroatoms. The van der Waals surface area contributed by atoms with Crippen molar-refractivity contribution >= 4 is 5.91 Å². The van der Waals surface area contributed by atoms with Crippen LogP contribution < -0.4 is 5.32 Å². The van der Waals surface area contributed by atoms with E-state index in [2.05, 4.69) is 22.2 Å². The number of hydrogen-bond donors (Lipinski definition) is 1. The van der Waals surface area contributed by atoms with Crippen LogP contribution in [0.5, 0.6) is 0 Å². The fraction of sp³-hybridized carbons (Fsp3) is 0.938. The molecule has 0 bridgehead atoms. The van der Waals surface area contributed by atoms with E-state index in [4.69, 9.17) is 9.47 Å². The summed E-state index contributed by atoms with van der Waals surface area (Å²) >= 11 is 0. The van der Waals surface area contributed by atoms with Crippen molar-refractivity contribution in [3.05, 3.63) is 0 Å². The summed E-state index contributed by atoms with van der Waals surface area (Å²) < 4.78 is 10.8. The smallest absolute Gasteiger partial charge is 0.245 e. The normalized spacial score (nSPS) is 16.0. The maximum absolute atomic E-state index is 10.9. The monoisotopic (exact) mass is 317 g/mol. The van der Waals surface area contributed by atoms with Crippen molar-refractivity contribution in [1.82, 2.24) is 15.1 Å². The Hall–Kier alpha value is -0.690. The Balaban J connectivity index is 0.00000211. The van der Waals surface area contributed by atoms with Crippen LogP contribution in [0.15, 0.2) is 0 Å². The summed E-state index contributed by atoms with van der Waals surface area (Å²) in [4.78, 5) is 15.7. The van der Waals surface area contributed by atoms with E-state index in [0.717, 1.165) is 58.8 Å². The van der Waals surface area contributed by atoms with Crippen LogP contribution in [0.3, 0.4) is 0 Å². The lowest BCUT2D eigenvalue weighted by Crippen LogP contribution is -2.45. The summed E-state index contributed by atoms with van der Waals surface area (Å²) in [5.74, 6) is -0.0755. The Kier molecular flexibility index (Phi) is 14.7. The van der Waals surface area contributed by atoms with Gasteiger partial charge in [0, 0.05) is 53.0 Å². The van der Waals surface area contributed by atoms with E-state index < -0.39 is 0 Å². The number of hydrogen-bond acceptors (Lipinski definition) is 5. The molecule has 1 amide bonds. The first-order chi connectivity index (χ1) is 10.7. The van der Waals surface area contributed by atoms with Gasteiger partial charge in [-0.1, -0.05) is 13.8 Å². The van der Waals surface area contributed by atoms with E-state index in [1.165, 1.54) is 0 Å². The lowest BCUT2D eigenvalue weighted by atomic mass is 10.3. The highest BCUT2D eigenvalue weighted by Gasteiger charge is 2.12. The molecule has 6 nitrogen and oxygen atoms in total. The molecule has 0 aliphatic carbocycles. The predicted molar refractivity (Wildman–Crippen MR) is 90.2 cm³/mol. The summed E-state index contributed by atoms with van der Waals surface area (Å²) in [5, 5.41) is 2.52. The number of rotatable bonds is 10. The molecule has 0 spiro atoms. The van der Waals surface area contributed by atoms with Gasteiger partial charge in [-0.15, -0.1) is 0 Å². The lowest BCUT2D eigenvalue weighted by Gasteiger charge is -2.32. The second-order valence-electron chi connectivity index (χ2n) is 5.19. The van der Waals surface area contributed by atoms with Crippen molar-refractivity contribution < 1.29 is 14.3 Å². The van der Waals surface area contributed by atoms with E-state index in [-0.39, 0.29) is 12.5 Å². The molecule has 0 aromatic heterocycles. The fourth-order valence-corrected chi connectivity index (χ4v) is 2.01. The molecule has 0 unspecified atom stereocenters. The number of carbonyl (C=O) groups is 1. The zero-order valence-corrected chi connectivity index (χ0v) is 14.9. The first kappa shape index (κ1) is 21.3. The SMILES string of the molecule is CC.CNC(=O)COCCCCOCCN1CCN(C)CC1. The van der Waals surface area contributed by atoms with Crippen molar-refractivity contribution in [3.63, 3.8) is 0 Å². The van der Waals surface area contributed by atoms with Crippen molar-refractivity contribution in [3.8, 4) is 0 Å². The van der Waals surface area contributed by atoms with E-state index in [9.17, 15) is 4.79 Å². The van der Waals surface area contributed by atoms with Gasteiger partial charge in [-0.3, -0.25) is 9.69 Å². The van der Waals surface area contributed by atoms with Gasteiger partial charge in [-0.25, -0.2) is 0 Å².